The minimum absolute atomic E-state index is 0.0256. The molecule has 0 atom stereocenters. The lowest BCUT2D eigenvalue weighted by atomic mass is 10.2. The van der Waals surface area contributed by atoms with Gasteiger partial charge in [0.2, 0.25) is 5.89 Å². The van der Waals surface area contributed by atoms with Crippen LogP contribution >= 0.6 is 11.8 Å². The van der Waals surface area contributed by atoms with Crippen LogP contribution in [0.2, 0.25) is 0 Å². The lowest BCUT2D eigenvalue weighted by Gasteiger charge is -2.05. The molecule has 0 aliphatic heterocycles. The van der Waals surface area contributed by atoms with Crippen molar-refractivity contribution in [2.24, 2.45) is 0 Å². The largest absolute Gasteiger partial charge is 0.411 e. The van der Waals surface area contributed by atoms with Crippen LogP contribution in [0, 0.1) is 5.82 Å². The lowest BCUT2D eigenvalue weighted by Crippen LogP contribution is -2.05. The summed E-state index contributed by atoms with van der Waals surface area (Å²) >= 11 is 1.30. The summed E-state index contributed by atoms with van der Waals surface area (Å²) in [6, 6.07) is 3.13. The van der Waals surface area contributed by atoms with Crippen LogP contribution in [0.25, 0.3) is 11.5 Å². The van der Waals surface area contributed by atoms with Crippen molar-refractivity contribution >= 4 is 21.9 Å². The van der Waals surface area contributed by atoms with Gasteiger partial charge in [-0.05, 0) is 24.0 Å². The summed E-state index contributed by atoms with van der Waals surface area (Å²) in [5, 5.41) is 7.76. The van der Waals surface area contributed by atoms with Crippen molar-refractivity contribution in [1.29, 1.82) is 0 Å². The van der Waals surface area contributed by atoms with E-state index in [1.54, 1.807) is 0 Å². The third-order valence-electron chi connectivity index (χ3n) is 2.34. The molecule has 0 amide bonds. The smallest absolute Gasteiger partial charge is 0.297 e. The van der Waals surface area contributed by atoms with Crippen molar-refractivity contribution in [3.8, 4) is 11.5 Å². The van der Waals surface area contributed by atoms with E-state index in [1.165, 1.54) is 11.8 Å². The maximum Gasteiger partial charge on any atom is 0.297 e. The van der Waals surface area contributed by atoms with Crippen molar-refractivity contribution in [1.82, 2.24) is 10.2 Å². The maximum absolute atomic E-state index is 13.3. The van der Waals surface area contributed by atoms with Crippen molar-refractivity contribution in [3.05, 3.63) is 24.0 Å². The molecule has 0 fully saturated rings. The Balaban J connectivity index is 2.57. The van der Waals surface area contributed by atoms with E-state index in [9.17, 15) is 12.8 Å². The highest BCUT2D eigenvalue weighted by molar-refractivity contribution is 7.99. The van der Waals surface area contributed by atoms with Crippen molar-refractivity contribution in [2.45, 2.75) is 17.0 Å². The first kappa shape index (κ1) is 14.9. The highest BCUT2D eigenvalue weighted by atomic mass is 32.2. The highest BCUT2D eigenvalue weighted by Gasteiger charge is 2.23. The number of halogens is 1. The monoisotopic (exact) mass is 318 g/mol. The van der Waals surface area contributed by atoms with Gasteiger partial charge in [0.15, 0.2) is 0 Å². The first-order chi connectivity index (χ1) is 9.47. The molecule has 1 aromatic heterocycles. The molecule has 2 aromatic rings. The molecule has 0 bridgehead atoms. The topological polar surface area (TPSA) is 82.3 Å². The number of nitrogens with zero attached hydrogens (tertiary/aromatic N) is 2. The molecule has 0 N–H and O–H groups in total. The summed E-state index contributed by atoms with van der Waals surface area (Å²) in [5.74, 6) is 0.0302. The Hall–Kier alpha value is -1.45. The third-order valence-corrected chi connectivity index (χ3v) is 4.37. The molecule has 2 rings (SSSR count). The number of aromatic nitrogens is 2. The molecule has 0 unspecified atom stereocenters. The highest BCUT2D eigenvalue weighted by Crippen LogP contribution is 2.30. The molecule has 6 nitrogen and oxygen atoms in total. The Morgan fingerprint density at radius 2 is 2.15 bits per heavy atom. The Labute approximate surface area is 119 Å². The van der Waals surface area contributed by atoms with E-state index in [2.05, 4.69) is 14.4 Å². The van der Waals surface area contributed by atoms with Crippen LogP contribution in [0.15, 0.2) is 32.7 Å². The number of hydrogen-bond donors (Lipinski definition) is 0. The number of hydrogen-bond acceptors (Lipinski definition) is 7. The van der Waals surface area contributed by atoms with Gasteiger partial charge in [0, 0.05) is 0 Å². The van der Waals surface area contributed by atoms with E-state index in [-0.39, 0.29) is 21.6 Å². The second-order valence-corrected chi connectivity index (χ2v) is 6.46. The minimum Gasteiger partial charge on any atom is -0.411 e. The fourth-order valence-electron chi connectivity index (χ4n) is 1.48. The predicted molar refractivity (Wildman–Crippen MR) is 70.3 cm³/mol. The van der Waals surface area contributed by atoms with Gasteiger partial charge in [-0.15, -0.1) is 10.2 Å². The molecule has 1 heterocycles. The molecular weight excluding hydrogens is 307 g/mol. The molecule has 0 saturated carbocycles. The Morgan fingerprint density at radius 1 is 1.40 bits per heavy atom. The molecule has 0 aliphatic rings. The predicted octanol–water partition coefficient (Wildman–Crippen LogP) is 2.32. The summed E-state index contributed by atoms with van der Waals surface area (Å²) in [5.41, 5.74) is -0.0256. The van der Waals surface area contributed by atoms with Crippen LogP contribution in [0.1, 0.15) is 6.92 Å². The van der Waals surface area contributed by atoms with E-state index in [1.807, 2.05) is 6.92 Å². The SMILES string of the molecule is CCSc1nnc(-c2cc(F)ccc2S(=O)(=O)OC)o1. The van der Waals surface area contributed by atoms with Gasteiger partial charge in [-0.2, -0.15) is 8.42 Å². The summed E-state index contributed by atoms with van der Waals surface area (Å²) in [4.78, 5) is -0.224. The van der Waals surface area contributed by atoms with Crippen LogP contribution in [-0.2, 0) is 14.3 Å². The molecule has 1 aromatic carbocycles. The van der Waals surface area contributed by atoms with Gasteiger partial charge in [-0.25, -0.2) is 4.39 Å². The minimum atomic E-state index is -4.00. The normalized spacial score (nSPS) is 11.8. The van der Waals surface area contributed by atoms with Gasteiger partial charge >= 0.3 is 0 Å². The number of thioether (sulfide) groups is 1. The second kappa shape index (κ2) is 5.90. The quantitative estimate of drug-likeness (QED) is 0.618. The van der Waals surface area contributed by atoms with E-state index in [0.717, 1.165) is 25.3 Å². The lowest BCUT2D eigenvalue weighted by molar-refractivity contribution is 0.397. The fourth-order valence-corrected chi connectivity index (χ4v) is 2.79. The summed E-state index contributed by atoms with van der Waals surface area (Å²) in [6.07, 6.45) is 0. The van der Waals surface area contributed by atoms with Gasteiger partial charge in [0.1, 0.15) is 10.7 Å². The molecule has 9 heteroatoms. The Bertz CT molecular complexity index is 715. The summed E-state index contributed by atoms with van der Waals surface area (Å²) in [6.45, 7) is 1.90. The molecule has 0 radical (unpaired) electrons. The van der Waals surface area contributed by atoms with E-state index >= 15 is 0 Å². The molecule has 20 heavy (non-hydrogen) atoms. The molecule has 0 spiro atoms. The average Bonchev–Trinajstić information content (AvgIpc) is 2.87. The van der Waals surface area contributed by atoms with Crippen LogP contribution in [-0.4, -0.2) is 31.5 Å². The van der Waals surface area contributed by atoms with E-state index in [4.69, 9.17) is 4.42 Å². The van der Waals surface area contributed by atoms with Crippen molar-refractivity contribution in [3.63, 3.8) is 0 Å². The summed E-state index contributed by atoms with van der Waals surface area (Å²) < 4.78 is 46.7. The third kappa shape index (κ3) is 3.00. The van der Waals surface area contributed by atoms with E-state index in [0.29, 0.717) is 5.75 Å². The van der Waals surface area contributed by atoms with Crippen LogP contribution in [0.3, 0.4) is 0 Å². The molecule has 0 aliphatic carbocycles. The molecule has 108 valence electrons. The van der Waals surface area contributed by atoms with Gasteiger partial charge in [-0.1, -0.05) is 18.7 Å². The van der Waals surface area contributed by atoms with Crippen LogP contribution in [0.4, 0.5) is 4.39 Å². The Morgan fingerprint density at radius 3 is 2.80 bits per heavy atom. The molecular formula is C11H11FN2O4S2. The Kier molecular flexibility index (Phi) is 4.41. The first-order valence-electron chi connectivity index (χ1n) is 5.54. The standard InChI is InChI=1S/C11H11FN2O4S2/c1-3-19-11-14-13-10(18-11)8-6-7(12)4-5-9(8)20(15,16)17-2/h4-6H,3H2,1-2H3. The van der Waals surface area contributed by atoms with Gasteiger partial charge in [0.05, 0.1) is 12.7 Å². The zero-order valence-corrected chi connectivity index (χ0v) is 12.3. The van der Waals surface area contributed by atoms with Gasteiger partial charge in [-0.3, -0.25) is 4.18 Å². The zero-order valence-electron chi connectivity index (χ0n) is 10.7. The maximum atomic E-state index is 13.3. The summed E-state index contributed by atoms with van der Waals surface area (Å²) in [7, 11) is -2.98. The average molecular weight is 318 g/mol. The van der Waals surface area contributed by atoms with Crippen LogP contribution in [0.5, 0.6) is 0 Å². The van der Waals surface area contributed by atoms with Gasteiger partial charge in [0.25, 0.3) is 15.3 Å². The molecule has 0 saturated heterocycles. The number of benzene rings is 1. The number of rotatable bonds is 5. The van der Waals surface area contributed by atoms with Crippen LogP contribution < -0.4 is 0 Å². The first-order valence-corrected chi connectivity index (χ1v) is 7.94. The zero-order chi connectivity index (χ0) is 14.8. The second-order valence-electron chi connectivity index (χ2n) is 3.57. The fraction of sp³-hybridized carbons (Fsp3) is 0.273. The van der Waals surface area contributed by atoms with Crippen molar-refractivity contribution in [2.75, 3.05) is 12.9 Å². The van der Waals surface area contributed by atoms with Gasteiger partial charge < -0.3 is 4.42 Å². The van der Waals surface area contributed by atoms with Crippen molar-refractivity contribution < 1.29 is 21.4 Å². The van der Waals surface area contributed by atoms with E-state index < -0.39 is 15.9 Å².